The second-order valence-electron chi connectivity index (χ2n) is 5.57. The molecule has 0 spiro atoms. The number of nitrogens with zero attached hydrogens (tertiary/aromatic N) is 4. The molecule has 8 nitrogen and oxygen atoms in total. The summed E-state index contributed by atoms with van der Waals surface area (Å²) in [7, 11) is 3.22. The lowest BCUT2D eigenvalue weighted by molar-refractivity contribution is -0.132. The molecule has 2 aromatic rings. The molecule has 0 aliphatic heterocycles. The Morgan fingerprint density at radius 3 is 2.92 bits per heavy atom. The van der Waals surface area contributed by atoms with E-state index in [1.807, 2.05) is 31.2 Å². The number of likely N-dealkylation sites (N-methyl/N-ethyl adjacent to an activating group) is 1. The molecule has 140 valence electrons. The predicted octanol–water partition coefficient (Wildman–Crippen LogP) is 1.35. The fourth-order valence-electron chi connectivity index (χ4n) is 2.12. The number of carbonyl (C=O) groups is 2. The molecule has 0 aliphatic rings. The standard InChI is InChI=1S/C17H23N5O3S/c1-4-8-18-15(23)10-21(2)16(24)11-26-17-20-19-12-22(17)13-6-5-7-14(9-13)25-3/h5-7,9,12H,4,8,10-11H2,1-3H3,(H,18,23). The Labute approximate surface area is 156 Å². The lowest BCUT2D eigenvalue weighted by atomic mass is 10.3. The van der Waals surface area contributed by atoms with E-state index in [1.54, 1.807) is 25.1 Å². The first-order valence-electron chi connectivity index (χ1n) is 8.23. The Morgan fingerprint density at radius 2 is 2.19 bits per heavy atom. The second kappa shape index (κ2) is 9.81. The highest BCUT2D eigenvalue weighted by Crippen LogP contribution is 2.22. The summed E-state index contributed by atoms with van der Waals surface area (Å²) in [6.07, 6.45) is 2.45. The minimum absolute atomic E-state index is 0.0436. The Kier molecular flexibility index (Phi) is 7.46. The fraction of sp³-hybridized carbons (Fsp3) is 0.412. The number of aromatic nitrogens is 3. The van der Waals surface area contributed by atoms with Gasteiger partial charge in [-0.1, -0.05) is 24.8 Å². The second-order valence-corrected chi connectivity index (χ2v) is 6.52. The summed E-state index contributed by atoms with van der Waals surface area (Å²) in [4.78, 5) is 25.3. The van der Waals surface area contributed by atoms with Crippen LogP contribution in [0.25, 0.3) is 5.69 Å². The van der Waals surface area contributed by atoms with E-state index in [0.717, 1.165) is 17.9 Å². The van der Waals surface area contributed by atoms with Gasteiger partial charge in [-0.15, -0.1) is 10.2 Å². The van der Waals surface area contributed by atoms with Crippen molar-refractivity contribution in [2.75, 3.05) is 33.0 Å². The fourth-order valence-corrected chi connectivity index (χ4v) is 2.99. The van der Waals surface area contributed by atoms with Gasteiger partial charge in [-0.25, -0.2) is 0 Å². The van der Waals surface area contributed by atoms with Crippen molar-refractivity contribution in [1.29, 1.82) is 0 Å². The Hall–Kier alpha value is -2.55. The molecule has 2 rings (SSSR count). The van der Waals surface area contributed by atoms with E-state index < -0.39 is 0 Å². The predicted molar refractivity (Wildman–Crippen MR) is 99.6 cm³/mol. The van der Waals surface area contributed by atoms with Gasteiger partial charge in [0.25, 0.3) is 0 Å². The molecule has 0 aliphatic carbocycles. The summed E-state index contributed by atoms with van der Waals surface area (Å²) in [5.74, 6) is 0.579. The highest BCUT2D eigenvalue weighted by Gasteiger charge is 2.15. The van der Waals surface area contributed by atoms with Crippen molar-refractivity contribution < 1.29 is 14.3 Å². The van der Waals surface area contributed by atoms with Crippen molar-refractivity contribution in [3.63, 3.8) is 0 Å². The molecule has 0 radical (unpaired) electrons. The first kappa shape index (κ1) is 19.8. The van der Waals surface area contributed by atoms with Crippen molar-refractivity contribution in [1.82, 2.24) is 25.0 Å². The number of hydrogen-bond donors (Lipinski definition) is 1. The largest absolute Gasteiger partial charge is 0.497 e. The third kappa shape index (κ3) is 5.48. The molecule has 1 aromatic carbocycles. The number of rotatable bonds is 9. The van der Waals surface area contributed by atoms with Crippen LogP contribution in [0.15, 0.2) is 35.7 Å². The summed E-state index contributed by atoms with van der Waals surface area (Å²) in [5.41, 5.74) is 0.844. The summed E-state index contributed by atoms with van der Waals surface area (Å²) < 4.78 is 7.01. The topological polar surface area (TPSA) is 89.4 Å². The van der Waals surface area contributed by atoms with Crippen LogP contribution < -0.4 is 10.1 Å². The van der Waals surface area contributed by atoms with Crippen LogP contribution in [-0.4, -0.2) is 64.5 Å². The van der Waals surface area contributed by atoms with Gasteiger partial charge in [-0.2, -0.15) is 0 Å². The van der Waals surface area contributed by atoms with Gasteiger partial charge >= 0.3 is 0 Å². The molecule has 2 amide bonds. The minimum Gasteiger partial charge on any atom is -0.497 e. The van der Waals surface area contributed by atoms with E-state index in [4.69, 9.17) is 4.74 Å². The van der Waals surface area contributed by atoms with Gasteiger partial charge < -0.3 is 15.0 Å². The smallest absolute Gasteiger partial charge is 0.239 e. The Balaban J connectivity index is 1.94. The van der Waals surface area contributed by atoms with Crippen molar-refractivity contribution in [2.24, 2.45) is 0 Å². The van der Waals surface area contributed by atoms with Crippen molar-refractivity contribution >= 4 is 23.6 Å². The van der Waals surface area contributed by atoms with E-state index in [0.29, 0.717) is 11.7 Å². The normalized spacial score (nSPS) is 10.4. The molecule has 0 bridgehead atoms. The quantitative estimate of drug-likeness (QED) is 0.664. The van der Waals surface area contributed by atoms with Crippen LogP contribution in [-0.2, 0) is 9.59 Å². The molecule has 26 heavy (non-hydrogen) atoms. The third-order valence-corrected chi connectivity index (χ3v) is 4.48. The molecule has 9 heteroatoms. The zero-order chi connectivity index (χ0) is 18.9. The monoisotopic (exact) mass is 377 g/mol. The maximum Gasteiger partial charge on any atom is 0.239 e. The van der Waals surface area contributed by atoms with E-state index in [9.17, 15) is 9.59 Å². The molecular weight excluding hydrogens is 354 g/mol. The van der Waals surface area contributed by atoms with E-state index in [-0.39, 0.29) is 24.1 Å². The molecular formula is C17H23N5O3S. The average Bonchev–Trinajstić information content (AvgIpc) is 3.13. The zero-order valence-corrected chi connectivity index (χ0v) is 16.0. The van der Waals surface area contributed by atoms with E-state index >= 15 is 0 Å². The van der Waals surface area contributed by atoms with Crippen LogP contribution in [0.1, 0.15) is 13.3 Å². The van der Waals surface area contributed by atoms with Crippen LogP contribution in [0, 0.1) is 0 Å². The Bertz CT molecular complexity index is 750. The van der Waals surface area contributed by atoms with Crippen molar-refractivity contribution in [3.8, 4) is 11.4 Å². The molecule has 0 fully saturated rings. The summed E-state index contributed by atoms with van der Waals surface area (Å²) >= 11 is 1.27. The number of nitrogens with one attached hydrogen (secondary N) is 1. The number of amides is 2. The molecule has 1 aromatic heterocycles. The number of carbonyl (C=O) groups excluding carboxylic acids is 2. The lowest BCUT2D eigenvalue weighted by Crippen LogP contribution is -2.39. The SMILES string of the molecule is CCCNC(=O)CN(C)C(=O)CSc1nncn1-c1cccc(OC)c1. The molecule has 0 unspecified atom stereocenters. The van der Waals surface area contributed by atoms with Gasteiger partial charge in [0.05, 0.1) is 25.1 Å². The van der Waals surface area contributed by atoms with Gasteiger partial charge in [0.15, 0.2) is 5.16 Å². The zero-order valence-electron chi connectivity index (χ0n) is 15.1. The summed E-state index contributed by atoms with van der Waals surface area (Å²) in [5, 5.41) is 11.3. The third-order valence-electron chi connectivity index (χ3n) is 3.55. The van der Waals surface area contributed by atoms with Crippen LogP contribution in [0.5, 0.6) is 5.75 Å². The number of ether oxygens (including phenoxy) is 1. The number of methoxy groups -OCH3 is 1. The van der Waals surface area contributed by atoms with Gasteiger partial charge in [-0.05, 0) is 18.6 Å². The number of benzene rings is 1. The molecule has 0 atom stereocenters. The molecule has 0 saturated carbocycles. The summed E-state index contributed by atoms with van der Waals surface area (Å²) in [6, 6.07) is 7.49. The maximum absolute atomic E-state index is 12.2. The average molecular weight is 377 g/mol. The molecule has 1 N–H and O–H groups in total. The van der Waals surface area contributed by atoms with Gasteiger partial charge in [0, 0.05) is 19.7 Å². The lowest BCUT2D eigenvalue weighted by Gasteiger charge is -2.16. The van der Waals surface area contributed by atoms with Gasteiger partial charge in [0.1, 0.15) is 12.1 Å². The highest BCUT2D eigenvalue weighted by molar-refractivity contribution is 7.99. The first-order chi connectivity index (χ1) is 12.5. The molecule has 1 heterocycles. The van der Waals surface area contributed by atoms with Crippen LogP contribution in [0.3, 0.4) is 0 Å². The van der Waals surface area contributed by atoms with Gasteiger partial charge in [0.2, 0.25) is 11.8 Å². The number of thioether (sulfide) groups is 1. The van der Waals surface area contributed by atoms with Crippen LogP contribution in [0.2, 0.25) is 0 Å². The van der Waals surface area contributed by atoms with Crippen LogP contribution in [0.4, 0.5) is 0 Å². The van der Waals surface area contributed by atoms with Gasteiger partial charge in [-0.3, -0.25) is 14.2 Å². The highest BCUT2D eigenvalue weighted by atomic mass is 32.2. The van der Waals surface area contributed by atoms with E-state index in [1.165, 1.54) is 16.7 Å². The minimum atomic E-state index is -0.160. The maximum atomic E-state index is 12.2. The van der Waals surface area contributed by atoms with E-state index in [2.05, 4.69) is 15.5 Å². The first-order valence-corrected chi connectivity index (χ1v) is 9.21. The van der Waals surface area contributed by atoms with Crippen molar-refractivity contribution in [3.05, 3.63) is 30.6 Å². The number of hydrogen-bond acceptors (Lipinski definition) is 6. The van der Waals surface area contributed by atoms with Crippen molar-refractivity contribution in [2.45, 2.75) is 18.5 Å². The Morgan fingerprint density at radius 1 is 1.38 bits per heavy atom. The summed E-state index contributed by atoms with van der Waals surface area (Å²) in [6.45, 7) is 2.63. The molecule has 0 saturated heterocycles. The van der Waals surface area contributed by atoms with Crippen LogP contribution >= 0.6 is 11.8 Å².